The summed E-state index contributed by atoms with van der Waals surface area (Å²) in [5, 5.41) is 32.6. The second-order valence-corrected chi connectivity index (χ2v) is 19.9. The van der Waals surface area contributed by atoms with Gasteiger partial charge in [-0.15, -0.1) is 12.4 Å². The lowest BCUT2D eigenvalue weighted by Crippen LogP contribution is -2.41. The van der Waals surface area contributed by atoms with Gasteiger partial charge in [-0.2, -0.15) is 0 Å². The van der Waals surface area contributed by atoms with Crippen LogP contribution in [0.3, 0.4) is 0 Å². The van der Waals surface area contributed by atoms with Crippen molar-refractivity contribution >= 4 is 59.7 Å². The molecule has 82 heavy (non-hydrogen) atoms. The van der Waals surface area contributed by atoms with Gasteiger partial charge in [0.1, 0.15) is 42.2 Å². The summed E-state index contributed by atoms with van der Waals surface area (Å²) in [7, 11) is 0. The van der Waals surface area contributed by atoms with Gasteiger partial charge in [-0.05, 0) is 112 Å². The van der Waals surface area contributed by atoms with Gasteiger partial charge in [0.15, 0.2) is 5.78 Å². The molecule has 6 atom stereocenters. The Bertz CT molecular complexity index is 2990. The Morgan fingerprint density at radius 2 is 0.902 bits per heavy atom. The van der Waals surface area contributed by atoms with Crippen LogP contribution in [0.4, 0.5) is 9.59 Å². The third-order valence-corrected chi connectivity index (χ3v) is 13.6. The van der Waals surface area contributed by atoms with Crippen LogP contribution in [-0.4, -0.2) is 76.7 Å². The van der Waals surface area contributed by atoms with E-state index in [9.17, 15) is 28.8 Å². The topological polar surface area (TPSA) is 269 Å². The third kappa shape index (κ3) is 22.5. The molecule has 6 aromatic carbocycles. The molecule has 8 rings (SSSR count). The number of carboxylic acid groups (broad SMARTS) is 1. The molecule has 2 aliphatic rings. The quantitative estimate of drug-likeness (QED) is 0.0262. The average molecular weight is 1140 g/mol. The molecule has 0 bridgehead atoms. The molecule has 6 aromatic rings. The highest BCUT2D eigenvalue weighted by atomic mass is 35.5. The standard InChI is InChI=1S/C32H35N3O5.C20H23N3O3.C12H14O3.ClH/c1-22(34-31(37)26-17-18-28(20-26)40-27-10-6-3-7-11-27)29(36)19-14-23-12-15-25(16-13-23)30(33)35-32(38)39-21-24-8-4-2-5-9-24;1-14(21)18(24)12-9-15-7-10-17(11-8-15)19(22)23-20(25)26-13-16-5-3-2-4-6-16;13-12(14)9-6-7-11(8-9)15-10-4-2-1-3-5-10;/h2-13,15-16,22,26,28H,14,17-21H2,1H3,(H,34,37)(H2,33,35,38);2-8,10-11,14H,9,12-13,21H2,1H3,(H2,22,23,25);1-5,9,11H,6-8H2,(H,13,14);1H/t22-,26+,28+;14-;9-,11-;/m001./s1. The Balaban J connectivity index is 0.000000250. The molecule has 432 valence electrons. The summed E-state index contributed by atoms with van der Waals surface area (Å²) in [6.07, 6.45) is 4.87. The van der Waals surface area contributed by atoms with Gasteiger partial charge in [-0.1, -0.05) is 146 Å². The number of rotatable bonds is 21. The van der Waals surface area contributed by atoms with E-state index in [1.807, 2.05) is 146 Å². The summed E-state index contributed by atoms with van der Waals surface area (Å²) in [6.45, 7) is 3.66. The van der Waals surface area contributed by atoms with Crippen LogP contribution >= 0.6 is 12.4 Å². The van der Waals surface area contributed by atoms with Crippen molar-refractivity contribution in [3.63, 3.8) is 0 Å². The summed E-state index contributed by atoms with van der Waals surface area (Å²) >= 11 is 0. The molecule has 0 saturated heterocycles. The fourth-order valence-corrected chi connectivity index (χ4v) is 8.87. The number of Topliss-reactive ketones (excluding diaryl/α,β-unsaturated/α-hetero) is 2. The Morgan fingerprint density at radius 3 is 1.29 bits per heavy atom. The molecular formula is C64H73ClN6O11. The van der Waals surface area contributed by atoms with Crippen molar-refractivity contribution in [2.45, 2.75) is 116 Å². The normalized spacial score (nSPS) is 16.5. The van der Waals surface area contributed by atoms with Gasteiger partial charge in [-0.3, -0.25) is 40.6 Å². The zero-order chi connectivity index (χ0) is 57.9. The van der Waals surface area contributed by atoms with Gasteiger partial charge < -0.3 is 35.1 Å². The number of aliphatic carboxylic acids is 1. The van der Waals surface area contributed by atoms with E-state index in [1.165, 1.54) is 0 Å². The Labute approximate surface area is 485 Å². The van der Waals surface area contributed by atoms with Crippen LogP contribution < -0.4 is 31.2 Å². The Kier molecular flexibility index (Phi) is 26.5. The molecule has 2 fully saturated rings. The van der Waals surface area contributed by atoms with Crippen molar-refractivity contribution < 1.29 is 52.8 Å². The van der Waals surface area contributed by atoms with Gasteiger partial charge in [-0.25, -0.2) is 9.59 Å². The van der Waals surface area contributed by atoms with E-state index in [-0.39, 0.29) is 85.2 Å². The summed E-state index contributed by atoms with van der Waals surface area (Å²) in [5.74, 6) is 0.323. The SMILES string of the molecule is C[C@H](N)C(=O)CCc1ccc(C(=N)NC(=O)OCc2ccccc2)cc1.C[C@H](NC(=O)[C@@H]1CC[C@@H](Oc2ccccc2)C1)C(=O)CCc1ccc(C(=N)NC(=O)OCc2ccccc2)cc1.Cl.O=C(O)[C@@H]1CC[C@@H](Oc2ccccc2)C1. The first kappa shape index (κ1) is 64.2. The molecule has 17 nitrogen and oxygen atoms in total. The number of ketones is 2. The van der Waals surface area contributed by atoms with Gasteiger partial charge in [0, 0.05) is 29.9 Å². The maximum absolute atomic E-state index is 12.7. The highest BCUT2D eigenvalue weighted by molar-refractivity contribution is 6.05. The number of nitrogens with one attached hydrogen (secondary N) is 5. The number of hydrogen-bond acceptors (Lipinski definition) is 13. The van der Waals surface area contributed by atoms with Gasteiger partial charge in [0.2, 0.25) is 5.91 Å². The predicted octanol–water partition coefficient (Wildman–Crippen LogP) is 10.7. The second-order valence-electron chi connectivity index (χ2n) is 19.9. The van der Waals surface area contributed by atoms with Crippen molar-refractivity contribution in [3.05, 3.63) is 203 Å². The number of hydrogen-bond donors (Lipinski definition) is 7. The number of alkyl carbamates (subject to hydrolysis) is 2. The van der Waals surface area contributed by atoms with Crippen LogP contribution in [-0.2, 0) is 54.7 Å². The van der Waals surface area contributed by atoms with Gasteiger partial charge in [0.05, 0.1) is 30.2 Å². The molecule has 0 unspecified atom stereocenters. The first-order valence-corrected chi connectivity index (χ1v) is 27.2. The highest BCUT2D eigenvalue weighted by Crippen LogP contribution is 2.31. The number of carbonyl (C=O) groups excluding carboxylic acids is 5. The molecule has 2 aliphatic carbocycles. The average Bonchev–Trinajstić information content (AvgIpc) is 4.25. The molecule has 0 heterocycles. The van der Waals surface area contributed by atoms with Crippen LogP contribution in [0.15, 0.2) is 170 Å². The maximum Gasteiger partial charge on any atom is 0.413 e. The number of nitrogens with two attached hydrogens (primary N) is 1. The maximum atomic E-state index is 12.7. The molecule has 0 spiro atoms. The van der Waals surface area contributed by atoms with Crippen molar-refractivity contribution in [1.82, 2.24) is 16.0 Å². The number of para-hydroxylation sites is 2. The van der Waals surface area contributed by atoms with Crippen molar-refractivity contribution in [3.8, 4) is 11.5 Å². The minimum absolute atomic E-state index is 0. The number of carbonyl (C=O) groups is 6. The largest absolute Gasteiger partial charge is 0.490 e. The van der Waals surface area contributed by atoms with Gasteiger partial charge >= 0.3 is 18.2 Å². The van der Waals surface area contributed by atoms with Crippen molar-refractivity contribution in [1.29, 1.82) is 10.8 Å². The summed E-state index contributed by atoms with van der Waals surface area (Å²) in [4.78, 5) is 71.5. The number of amides is 3. The molecule has 0 radical (unpaired) electrons. The number of amidine groups is 2. The van der Waals surface area contributed by atoms with Crippen LogP contribution in [0, 0.1) is 22.7 Å². The van der Waals surface area contributed by atoms with Crippen LogP contribution in [0.1, 0.15) is 98.6 Å². The lowest BCUT2D eigenvalue weighted by molar-refractivity contribution is -0.141. The minimum Gasteiger partial charge on any atom is -0.490 e. The first-order chi connectivity index (χ1) is 39.1. The van der Waals surface area contributed by atoms with E-state index in [4.69, 9.17) is 40.6 Å². The predicted molar refractivity (Wildman–Crippen MR) is 315 cm³/mol. The molecule has 18 heteroatoms. The van der Waals surface area contributed by atoms with E-state index >= 15 is 0 Å². The molecule has 8 N–H and O–H groups in total. The zero-order valence-electron chi connectivity index (χ0n) is 46.1. The van der Waals surface area contributed by atoms with E-state index in [1.54, 1.807) is 38.1 Å². The molecule has 2 saturated carbocycles. The Morgan fingerprint density at radius 1 is 0.524 bits per heavy atom. The smallest absolute Gasteiger partial charge is 0.413 e. The third-order valence-electron chi connectivity index (χ3n) is 13.6. The summed E-state index contributed by atoms with van der Waals surface area (Å²) in [5.41, 5.74) is 10.3. The van der Waals surface area contributed by atoms with Crippen molar-refractivity contribution in [2.24, 2.45) is 17.6 Å². The number of carboxylic acids is 1. The molecule has 0 aliphatic heterocycles. The minimum atomic E-state index is -0.700. The van der Waals surface area contributed by atoms with E-state index < -0.39 is 30.2 Å². The lowest BCUT2D eigenvalue weighted by atomic mass is 10.0. The number of ether oxygens (including phenoxy) is 4. The number of halogens is 1. The molecular weight excluding hydrogens is 1060 g/mol. The monoisotopic (exact) mass is 1140 g/mol. The van der Waals surface area contributed by atoms with E-state index in [0.717, 1.165) is 59.4 Å². The molecule has 0 aromatic heterocycles. The van der Waals surface area contributed by atoms with Crippen molar-refractivity contribution in [2.75, 3.05) is 0 Å². The number of aryl methyl sites for hydroxylation is 2. The van der Waals surface area contributed by atoms with E-state index in [2.05, 4.69) is 16.0 Å². The van der Waals surface area contributed by atoms with Crippen LogP contribution in [0.5, 0.6) is 11.5 Å². The summed E-state index contributed by atoms with van der Waals surface area (Å²) < 4.78 is 21.9. The number of benzene rings is 6. The summed E-state index contributed by atoms with van der Waals surface area (Å²) in [6, 6.07) is 51.0. The fraction of sp³-hybridized carbons (Fsp3) is 0.312. The van der Waals surface area contributed by atoms with E-state index in [0.29, 0.717) is 43.2 Å². The second kappa shape index (κ2) is 33.8. The Hall–Kier alpha value is -8.67. The molecule has 3 amide bonds. The first-order valence-electron chi connectivity index (χ1n) is 27.2. The van der Waals surface area contributed by atoms with Crippen LogP contribution in [0.2, 0.25) is 0 Å². The lowest BCUT2D eigenvalue weighted by Gasteiger charge is -2.17. The zero-order valence-corrected chi connectivity index (χ0v) is 46.9. The fourth-order valence-electron chi connectivity index (χ4n) is 8.87. The van der Waals surface area contributed by atoms with Crippen LogP contribution in [0.25, 0.3) is 0 Å². The highest BCUT2D eigenvalue weighted by Gasteiger charge is 2.33. The van der Waals surface area contributed by atoms with Gasteiger partial charge in [0.25, 0.3) is 0 Å².